The predicted octanol–water partition coefficient (Wildman–Crippen LogP) is -5.48. The molecule has 18 heteroatoms. The lowest BCUT2D eigenvalue weighted by Crippen LogP contribution is -2.57. The van der Waals surface area contributed by atoms with Crippen LogP contribution in [-0.4, -0.2) is 88.4 Å². The van der Waals surface area contributed by atoms with Crippen molar-refractivity contribution >= 4 is 47.4 Å². The minimum absolute atomic E-state index is 0.0816. The Bertz CT molecular complexity index is 905. The molecule has 15 N–H and O–H groups in total. The van der Waals surface area contributed by atoms with E-state index in [-0.39, 0.29) is 31.8 Å². The number of aliphatic imine (C=N–C) groups is 1. The van der Waals surface area contributed by atoms with Crippen LogP contribution in [0, 0.1) is 0 Å². The van der Waals surface area contributed by atoms with E-state index >= 15 is 0 Å². The van der Waals surface area contributed by atoms with Gasteiger partial charge in [-0.05, 0) is 19.3 Å². The lowest BCUT2D eigenvalue weighted by molar-refractivity contribution is -0.143. The number of carboxylic acids is 2. The Morgan fingerprint density at radius 3 is 1.73 bits per heavy atom. The van der Waals surface area contributed by atoms with Gasteiger partial charge in [0.25, 0.3) is 0 Å². The van der Waals surface area contributed by atoms with E-state index in [1.54, 1.807) is 0 Å². The molecule has 0 aromatic heterocycles. The third kappa shape index (κ3) is 14.5. The zero-order valence-corrected chi connectivity index (χ0v) is 19.8. The van der Waals surface area contributed by atoms with Crippen molar-refractivity contribution < 1.29 is 43.8 Å². The molecule has 0 bridgehead atoms. The molecule has 0 aliphatic rings. The number of carboxylic acid groups (broad SMARTS) is 2. The van der Waals surface area contributed by atoms with Gasteiger partial charge in [0, 0.05) is 13.0 Å². The first-order valence-corrected chi connectivity index (χ1v) is 10.9. The fourth-order valence-electron chi connectivity index (χ4n) is 2.83. The van der Waals surface area contributed by atoms with Crippen molar-refractivity contribution in [1.82, 2.24) is 16.0 Å². The Labute approximate surface area is 210 Å². The van der Waals surface area contributed by atoms with Crippen molar-refractivity contribution in [3.05, 3.63) is 0 Å². The Morgan fingerprint density at radius 1 is 0.703 bits per heavy atom. The summed E-state index contributed by atoms with van der Waals surface area (Å²) < 4.78 is 0. The summed E-state index contributed by atoms with van der Waals surface area (Å²) in [7, 11) is 0. The number of aliphatic carboxylic acids is 2. The molecule has 37 heavy (non-hydrogen) atoms. The number of hydrogen-bond acceptors (Lipinski definition) is 9. The SMILES string of the molecule is NC(=O)CCC(NC(=O)C(CC(=O)O)NC(=O)C(N)CC(N)=O)C(=O)NC(CCCN=C(N)N)C(=O)O. The van der Waals surface area contributed by atoms with Crippen LogP contribution in [0.1, 0.15) is 38.5 Å². The van der Waals surface area contributed by atoms with E-state index in [0.717, 1.165) is 0 Å². The van der Waals surface area contributed by atoms with Crippen LogP contribution in [0.5, 0.6) is 0 Å². The number of nitrogens with zero attached hydrogens (tertiary/aromatic N) is 1. The molecule has 0 aliphatic carbocycles. The first-order chi connectivity index (χ1) is 17.1. The Balaban J connectivity index is 5.58. The van der Waals surface area contributed by atoms with Crippen LogP contribution in [0.4, 0.5) is 0 Å². The third-order valence-corrected chi connectivity index (χ3v) is 4.64. The molecule has 5 amide bonds. The lowest BCUT2D eigenvalue weighted by atomic mass is 10.1. The molecule has 0 fully saturated rings. The topological polar surface area (TPSA) is 338 Å². The maximum absolute atomic E-state index is 12.8. The monoisotopic (exact) mass is 531 g/mol. The summed E-state index contributed by atoms with van der Waals surface area (Å²) in [4.78, 5) is 86.3. The molecule has 0 radical (unpaired) electrons. The van der Waals surface area contributed by atoms with Crippen LogP contribution in [-0.2, 0) is 33.6 Å². The van der Waals surface area contributed by atoms with Gasteiger partial charge in [-0.3, -0.25) is 33.8 Å². The van der Waals surface area contributed by atoms with E-state index in [0.29, 0.717) is 0 Å². The summed E-state index contributed by atoms with van der Waals surface area (Å²) in [5.41, 5.74) is 25.9. The van der Waals surface area contributed by atoms with Gasteiger partial charge in [-0.15, -0.1) is 0 Å². The maximum Gasteiger partial charge on any atom is 0.326 e. The van der Waals surface area contributed by atoms with Crippen LogP contribution in [0.2, 0.25) is 0 Å². The van der Waals surface area contributed by atoms with E-state index in [2.05, 4.69) is 15.6 Å². The van der Waals surface area contributed by atoms with Crippen LogP contribution in [0.15, 0.2) is 4.99 Å². The highest BCUT2D eigenvalue weighted by atomic mass is 16.4. The highest BCUT2D eigenvalue weighted by Gasteiger charge is 2.31. The molecular weight excluding hydrogens is 498 g/mol. The molecular formula is C19H33N9O9. The minimum Gasteiger partial charge on any atom is -0.481 e. The van der Waals surface area contributed by atoms with E-state index in [1.807, 2.05) is 5.32 Å². The van der Waals surface area contributed by atoms with Gasteiger partial charge in [0.1, 0.15) is 18.1 Å². The number of rotatable bonds is 18. The van der Waals surface area contributed by atoms with Gasteiger partial charge >= 0.3 is 11.9 Å². The van der Waals surface area contributed by atoms with Gasteiger partial charge < -0.3 is 54.8 Å². The van der Waals surface area contributed by atoms with E-state index in [1.165, 1.54) is 0 Å². The van der Waals surface area contributed by atoms with Crippen LogP contribution >= 0.6 is 0 Å². The molecule has 0 aromatic rings. The standard InChI is InChI=1S/C19H33N9O9/c20-8(6-13(22)30)15(33)28-11(7-14(31)32)17(35)26-9(3-4-12(21)29)16(34)27-10(18(36)37)2-1-5-25-19(23)24/h8-11H,1-7,20H2,(H2,21,29)(H2,22,30)(H,26,35)(H,27,34)(H,28,33)(H,31,32)(H,36,37)(H4,23,24,25). The Morgan fingerprint density at radius 2 is 1.24 bits per heavy atom. The minimum atomic E-state index is -1.75. The number of guanidine groups is 1. The number of primary amides is 2. The summed E-state index contributed by atoms with van der Waals surface area (Å²) in [6, 6.07) is -6.18. The van der Waals surface area contributed by atoms with Crippen LogP contribution in [0.25, 0.3) is 0 Å². The van der Waals surface area contributed by atoms with Crippen molar-refractivity contribution in [1.29, 1.82) is 0 Å². The van der Waals surface area contributed by atoms with Gasteiger partial charge in [0.15, 0.2) is 5.96 Å². The summed E-state index contributed by atoms with van der Waals surface area (Å²) in [6.45, 7) is 0.0816. The highest BCUT2D eigenvalue weighted by molar-refractivity contribution is 5.96. The molecule has 4 unspecified atom stereocenters. The summed E-state index contributed by atoms with van der Waals surface area (Å²) in [5, 5.41) is 24.9. The summed E-state index contributed by atoms with van der Waals surface area (Å²) in [6.07, 6.45) is -2.22. The van der Waals surface area contributed by atoms with Gasteiger partial charge in [-0.2, -0.15) is 0 Å². The van der Waals surface area contributed by atoms with Gasteiger partial charge in [0.05, 0.1) is 18.9 Å². The molecule has 0 heterocycles. The second kappa shape index (κ2) is 16.2. The quantitative estimate of drug-likeness (QED) is 0.0449. The summed E-state index contributed by atoms with van der Waals surface area (Å²) in [5.74, 6) is -8.12. The van der Waals surface area contributed by atoms with Crippen molar-refractivity contribution in [2.24, 2.45) is 33.7 Å². The summed E-state index contributed by atoms with van der Waals surface area (Å²) >= 11 is 0. The average Bonchev–Trinajstić information content (AvgIpc) is 2.76. The molecule has 0 saturated carbocycles. The van der Waals surface area contributed by atoms with E-state index < -0.39 is 84.9 Å². The fraction of sp³-hybridized carbons (Fsp3) is 0.579. The maximum atomic E-state index is 12.8. The zero-order valence-electron chi connectivity index (χ0n) is 19.8. The number of hydrogen-bond donors (Lipinski definition) is 10. The number of carbonyl (C=O) groups is 7. The van der Waals surface area contributed by atoms with Crippen molar-refractivity contribution in [2.75, 3.05) is 6.54 Å². The fourth-order valence-corrected chi connectivity index (χ4v) is 2.83. The molecule has 18 nitrogen and oxygen atoms in total. The number of nitrogens with one attached hydrogen (secondary N) is 3. The molecule has 0 rings (SSSR count). The predicted molar refractivity (Wildman–Crippen MR) is 126 cm³/mol. The Kier molecular flexibility index (Phi) is 14.3. The molecule has 0 spiro atoms. The molecule has 0 aromatic carbocycles. The third-order valence-electron chi connectivity index (χ3n) is 4.64. The lowest BCUT2D eigenvalue weighted by Gasteiger charge is -2.24. The van der Waals surface area contributed by atoms with Crippen molar-refractivity contribution in [3.8, 4) is 0 Å². The van der Waals surface area contributed by atoms with Gasteiger partial charge in [-0.25, -0.2) is 4.79 Å². The van der Waals surface area contributed by atoms with Crippen molar-refractivity contribution in [2.45, 2.75) is 62.7 Å². The van der Waals surface area contributed by atoms with E-state index in [9.17, 15) is 38.7 Å². The first kappa shape index (κ1) is 32.5. The Hall–Kier alpha value is -4.48. The number of nitrogens with two attached hydrogens (primary N) is 5. The second-order valence-electron chi connectivity index (χ2n) is 7.85. The normalized spacial score (nSPS) is 13.6. The van der Waals surface area contributed by atoms with Crippen LogP contribution in [0.3, 0.4) is 0 Å². The molecule has 0 saturated heterocycles. The van der Waals surface area contributed by atoms with Crippen molar-refractivity contribution in [3.63, 3.8) is 0 Å². The molecule has 4 atom stereocenters. The average molecular weight is 532 g/mol. The van der Waals surface area contributed by atoms with E-state index in [4.69, 9.17) is 33.8 Å². The van der Waals surface area contributed by atoms with Crippen LogP contribution < -0.4 is 44.6 Å². The smallest absolute Gasteiger partial charge is 0.326 e. The first-order valence-electron chi connectivity index (χ1n) is 10.9. The van der Waals surface area contributed by atoms with Gasteiger partial charge in [-0.1, -0.05) is 0 Å². The van der Waals surface area contributed by atoms with Gasteiger partial charge in [0.2, 0.25) is 29.5 Å². The second-order valence-corrected chi connectivity index (χ2v) is 7.85. The largest absolute Gasteiger partial charge is 0.481 e. The molecule has 0 aliphatic heterocycles. The molecule has 208 valence electrons. The number of carbonyl (C=O) groups excluding carboxylic acids is 5. The zero-order chi connectivity index (χ0) is 28.7. The highest BCUT2D eigenvalue weighted by Crippen LogP contribution is 2.05. The number of amides is 5.